The van der Waals surface area contributed by atoms with Crippen LogP contribution in [0.1, 0.15) is 26.3 Å². The maximum atomic E-state index is 12.6. The predicted molar refractivity (Wildman–Crippen MR) is 107 cm³/mol. The molecule has 2 aromatic rings. The summed E-state index contributed by atoms with van der Waals surface area (Å²) in [7, 11) is 3.36. The summed E-state index contributed by atoms with van der Waals surface area (Å²) in [6.07, 6.45) is 1.58. The number of carbonyl (C=O) groups excluding carboxylic acids is 3. The van der Waals surface area contributed by atoms with Crippen molar-refractivity contribution in [1.82, 2.24) is 14.0 Å². The molecule has 28 heavy (non-hydrogen) atoms. The third kappa shape index (κ3) is 3.75. The Morgan fingerprint density at radius 2 is 1.75 bits per heavy atom. The predicted octanol–water partition coefficient (Wildman–Crippen LogP) is 2.25. The second-order valence-corrected chi connectivity index (χ2v) is 8.50. The standard InChI is InChI=1S/C19H21N3O5S/c1-19(2,3)27-15(23)10-22-16(24)14(28-18(22)26)9-11-6-7-12-13(8-11)21(5)17(25)20(12)4/h6-9H,10H2,1-5H3/b14-9+. The van der Waals surface area contributed by atoms with Crippen molar-refractivity contribution < 1.29 is 19.1 Å². The molecule has 1 fully saturated rings. The minimum atomic E-state index is -0.699. The van der Waals surface area contributed by atoms with Gasteiger partial charge >= 0.3 is 11.7 Å². The van der Waals surface area contributed by atoms with Gasteiger partial charge < -0.3 is 4.74 Å². The summed E-state index contributed by atoms with van der Waals surface area (Å²) < 4.78 is 8.23. The molecule has 0 N–H and O–H groups in total. The number of esters is 1. The molecule has 0 bridgehead atoms. The molecule has 9 heteroatoms. The normalized spacial score (nSPS) is 16.5. The molecule has 0 saturated carbocycles. The minimum Gasteiger partial charge on any atom is -0.459 e. The quantitative estimate of drug-likeness (QED) is 0.577. The van der Waals surface area contributed by atoms with E-state index >= 15 is 0 Å². The number of imidazole rings is 1. The Balaban J connectivity index is 1.85. The topological polar surface area (TPSA) is 90.6 Å². The van der Waals surface area contributed by atoms with Crippen LogP contribution in [0.15, 0.2) is 27.9 Å². The number of aromatic nitrogens is 2. The van der Waals surface area contributed by atoms with Gasteiger partial charge in [-0.3, -0.25) is 28.4 Å². The van der Waals surface area contributed by atoms with Crippen molar-refractivity contribution in [3.05, 3.63) is 39.2 Å². The van der Waals surface area contributed by atoms with Crippen LogP contribution in [0.5, 0.6) is 0 Å². The first-order valence-electron chi connectivity index (χ1n) is 8.60. The van der Waals surface area contributed by atoms with E-state index in [-0.39, 0.29) is 10.6 Å². The smallest absolute Gasteiger partial charge is 0.328 e. The van der Waals surface area contributed by atoms with Crippen LogP contribution in [0.3, 0.4) is 0 Å². The zero-order valence-electron chi connectivity index (χ0n) is 16.3. The fourth-order valence-corrected chi connectivity index (χ4v) is 3.74. The van der Waals surface area contributed by atoms with Crippen molar-refractivity contribution in [2.45, 2.75) is 26.4 Å². The van der Waals surface area contributed by atoms with Crippen molar-refractivity contribution in [2.24, 2.45) is 14.1 Å². The Bertz CT molecular complexity index is 1090. The molecular formula is C19H21N3O5S. The summed E-state index contributed by atoms with van der Waals surface area (Å²) in [6, 6.07) is 5.33. The van der Waals surface area contributed by atoms with Crippen LogP contribution in [0.2, 0.25) is 0 Å². The van der Waals surface area contributed by atoms with Gasteiger partial charge in [-0.05, 0) is 56.3 Å². The van der Waals surface area contributed by atoms with E-state index in [1.165, 1.54) is 9.13 Å². The van der Waals surface area contributed by atoms with Crippen molar-refractivity contribution in [3.63, 3.8) is 0 Å². The lowest BCUT2D eigenvalue weighted by molar-refractivity contribution is -0.156. The van der Waals surface area contributed by atoms with Crippen molar-refractivity contribution >= 4 is 46.0 Å². The third-order valence-corrected chi connectivity index (χ3v) is 5.08. The first-order valence-corrected chi connectivity index (χ1v) is 9.42. The fraction of sp³-hybridized carbons (Fsp3) is 0.368. The van der Waals surface area contributed by atoms with Crippen LogP contribution < -0.4 is 5.69 Å². The number of aryl methyl sites for hydroxylation is 2. The number of nitrogens with zero attached hydrogens (tertiary/aromatic N) is 3. The van der Waals surface area contributed by atoms with Crippen molar-refractivity contribution in [2.75, 3.05) is 6.54 Å². The molecule has 0 atom stereocenters. The number of benzene rings is 1. The Morgan fingerprint density at radius 1 is 1.11 bits per heavy atom. The SMILES string of the molecule is Cn1c(=O)n(C)c2cc(/C=C3/SC(=O)N(CC(=O)OC(C)(C)C)C3=O)ccc21. The number of hydrogen-bond acceptors (Lipinski definition) is 6. The zero-order valence-corrected chi connectivity index (χ0v) is 17.1. The Hall–Kier alpha value is -2.81. The molecule has 148 valence electrons. The van der Waals surface area contributed by atoms with E-state index in [2.05, 4.69) is 0 Å². The van der Waals surface area contributed by atoms with Crippen LogP contribution >= 0.6 is 11.8 Å². The summed E-state index contributed by atoms with van der Waals surface area (Å²) in [5, 5.41) is -0.518. The van der Waals surface area contributed by atoms with Crippen molar-refractivity contribution in [1.29, 1.82) is 0 Å². The third-order valence-electron chi connectivity index (χ3n) is 4.17. The van der Waals surface area contributed by atoms with Gasteiger partial charge in [-0.1, -0.05) is 6.07 Å². The number of amides is 2. The van der Waals surface area contributed by atoms with Crippen LogP contribution in [0.25, 0.3) is 17.1 Å². The highest BCUT2D eigenvalue weighted by Gasteiger charge is 2.37. The molecular weight excluding hydrogens is 382 g/mol. The van der Waals surface area contributed by atoms with Gasteiger partial charge in [0.2, 0.25) is 0 Å². The summed E-state index contributed by atoms with van der Waals surface area (Å²) in [5.41, 5.74) is 1.31. The van der Waals surface area contributed by atoms with E-state index < -0.39 is 29.3 Å². The van der Waals surface area contributed by atoms with Gasteiger partial charge in [-0.2, -0.15) is 0 Å². The molecule has 1 aliphatic rings. The molecule has 8 nitrogen and oxygen atoms in total. The van der Waals surface area contributed by atoms with Gasteiger partial charge in [-0.15, -0.1) is 0 Å². The highest BCUT2D eigenvalue weighted by atomic mass is 32.2. The van der Waals surface area contributed by atoms with Gasteiger partial charge in [-0.25, -0.2) is 4.79 Å². The first-order chi connectivity index (χ1) is 13.0. The highest BCUT2D eigenvalue weighted by molar-refractivity contribution is 8.18. The molecule has 1 aromatic carbocycles. The lowest BCUT2D eigenvalue weighted by Crippen LogP contribution is -2.37. The van der Waals surface area contributed by atoms with E-state index in [0.29, 0.717) is 11.1 Å². The zero-order chi connectivity index (χ0) is 20.8. The lowest BCUT2D eigenvalue weighted by atomic mass is 10.2. The summed E-state index contributed by atoms with van der Waals surface area (Å²) in [4.78, 5) is 49.8. The molecule has 0 spiro atoms. The molecule has 1 aliphatic heterocycles. The number of imide groups is 1. The Morgan fingerprint density at radius 3 is 2.39 bits per heavy atom. The second-order valence-electron chi connectivity index (χ2n) is 7.50. The monoisotopic (exact) mass is 403 g/mol. The van der Waals surface area contributed by atoms with E-state index in [1.54, 1.807) is 59.1 Å². The Kier molecular flexibility index (Phi) is 4.97. The highest BCUT2D eigenvalue weighted by Crippen LogP contribution is 2.32. The molecule has 2 amide bonds. The van der Waals surface area contributed by atoms with Crippen molar-refractivity contribution in [3.8, 4) is 0 Å². The van der Waals surface area contributed by atoms with Crippen LogP contribution in [0.4, 0.5) is 4.79 Å². The largest absolute Gasteiger partial charge is 0.459 e. The molecule has 0 radical (unpaired) electrons. The number of carbonyl (C=O) groups is 3. The van der Waals surface area contributed by atoms with Gasteiger partial charge in [0, 0.05) is 14.1 Å². The number of rotatable bonds is 3. The first kappa shape index (κ1) is 19.9. The lowest BCUT2D eigenvalue weighted by Gasteiger charge is -2.21. The van der Waals surface area contributed by atoms with Crippen LogP contribution in [-0.4, -0.2) is 43.3 Å². The maximum Gasteiger partial charge on any atom is 0.328 e. The summed E-state index contributed by atoms with van der Waals surface area (Å²) in [5.74, 6) is -1.18. The summed E-state index contributed by atoms with van der Waals surface area (Å²) >= 11 is 0.772. The molecule has 0 aliphatic carbocycles. The maximum absolute atomic E-state index is 12.6. The van der Waals surface area contributed by atoms with Crippen LogP contribution in [0, 0.1) is 0 Å². The van der Waals surface area contributed by atoms with E-state index in [0.717, 1.165) is 22.2 Å². The van der Waals surface area contributed by atoms with Gasteiger partial charge in [0.1, 0.15) is 12.1 Å². The molecule has 0 unspecified atom stereocenters. The van der Waals surface area contributed by atoms with E-state index in [1.807, 2.05) is 0 Å². The van der Waals surface area contributed by atoms with E-state index in [9.17, 15) is 19.2 Å². The molecule has 1 saturated heterocycles. The molecule has 3 rings (SSSR count). The molecule has 2 heterocycles. The number of ether oxygens (including phenoxy) is 1. The van der Waals surface area contributed by atoms with E-state index in [4.69, 9.17) is 4.74 Å². The Labute approximate surface area is 165 Å². The average Bonchev–Trinajstić information content (AvgIpc) is 2.96. The minimum absolute atomic E-state index is 0.148. The van der Waals surface area contributed by atoms with Gasteiger partial charge in [0.15, 0.2) is 0 Å². The van der Waals surface area contributed by atoms with Gasteiger partial charge in [0.05, 0.1) is 15.9 Å². The number of hydrogen-bond donors (Lipinski definition) is 0. The van der Waals surface area contributed by atoms with Crippen LogP contribution in [-0.2, 0) is 28.4 Å². The number of thioether (sulfide) groups is 1. The fourth-order valence-electron chi connectivity index (χ4n) is 2.90. The average molecular weight is 403 g/mol. The number of fused-ring (bicyclic) bond motifs is 1. The molecule has 1 aromatic heterocycles. The summed E-state index contributed by atoms with van der Waals surface area (Å²) in [6.45, 7) is 4.72. The second kappa shape index (κ2) is 6.97. The van der Waals surface area contributed by atoms with Gasteiger partial charge in [0.25, 0.3) is 11.1 Å².